The molecule has 0 radical (unpaired) electrons. The molecule has 0 amide bonds. The van der Waals surface area contributed by atoms with Crippen molar-refractivity contribution in [3.05, 3.63) is 46.9 Å². The minimum Gasteiger partial charge on any atom is -0.497 e. The molecule has 3 aromatic rings. The number of ether oxygens (including phenoxy) is 3. The van der Waals surface area contributed by atoms with Crippen LogP contribution in [0.4, 0.5) is 5.69 Å². The van der Waals surface area contributed by atoms with Crippen LogP contribution in [0, 0.1) is 0 Å². The summed E-state index contributed by atoms with van der Waals surface area (Å²) in [6.45, 7) is 1.48. The molecule has 0 spiro atoms. The number of rotatable bonds is 8. The van der Waals surface area contributed by atoms with Gasteiger partial charge in [0.25, 0.3) is 10.0 Å². The summed E-state index contributed by atoms with van der Waals surface area (Å²) >= 11 is 0. The van der Waals surface area contributed by atoms with E-state index in [4.69, 9.17) is 18.6 Å². The first-order chi connectivity index (χ1) is 14.3. The summed E-state index contributed by atoms with van der Waals surface area (Å²) in [5.74, 6) is -0.628. The number of esters is 1. The molecule has 0 saturated heterocycles. The third kappa shape index (κ3) is 4.25. The van der Waals surface area contributed by atoms with Gasteiger partial charge in [-0.3, -0.25) is 14.1 Å². The molecule has 3 rings (SSSR count). The van der Waals surface area contributed by atoms with Crippen LogP contribution in [0.3, 0.4) is 0 Å². The van der Waals surface area contributed by atoms with E-state index in [2.05, 4.69) is 4.72 Å². The molecule has 11 heteroatoms. The molecule has 1 aromatic heterocycles. The van der Waals surface area contributed by atoms with E-state index in [0.29, 0.717) is 5.75 Å². The summed E-state index contributed by atoms with van der Waals surface area (Å²) in [4.78, 5) is 23.6. The van der Waals surface area contributed by atoms with E-state index in [0.717, 1.165) is 4.57 Å². The van der Waals surface area contributed by atoms with Gasteiger partial charge in [0.15, 0.2) is 5.58 Å². The van der Waals surface area contributed by atoms with Gasteiger partial charge < -0.3 is 18.6 Å². The number of hydrogen-bond donors (Lipinski definition) is 1. The van der Waals surface area contributed by atoms with Crippen molar-refractivity contribution in [3.63, 3.8) is 0 Å². The number of oxazole rings is 1. The van der Waals surface area contributed by atoms with Crippen molar-refractivity contribution in [2.45, 2.75) is 18.4 Å². The topological polar surface area (TPSA) is 126 Å². The number of carbonyl (C=O) groups excluding carboxylic acids is 1. The van der Waals surface area contributed by atoms with Crippen LogP contribution in [0.1, 0.15) is 6.92 Å². The number of anilines is 1. The zero-order chi connectivity index (χ0) is 21.9. The van der Waals surface area contributed by atoms with Gasteiger partial charge >= 0.3 is 11.7 Å². The molecule has 160 valence electrons. The lowest BCUT2D eigenvalue weighted by Gasteiger charge is -2.13. The maximum atomic E-state index is 12.8. The SMILES string of the molecule is CCOC(=O)Cn1c(=O)oc2cc(S(=O)(=O)Nc3ccc(OC)cc3OC)ccc21. The Morgan fingerprint density at radius 2 is 1.90 bits per heavy atom. The second-order valence-electron chi connectivity index (χ2n) is 6.06. The van der Waals surface area contributed by atoms with Crippen molar-refractivity contribution in [2.24, 2.45) is 0 Å². The number of benzene rings is 2. The van der Waals surface area contributed by atoms with Gasteiger partial charge in [0.05, 0.1) is 36.9 Å². The molecule has 0 fully saturated rings. The van der Waals surface area contributed by atoms with Crippen molar-refractivity contribution in [1.82, 2.24) is 4.57 Å². The molecule has 0 aliphatic carbocycles. The molecule has 10 nitrogen and oxygen atoms in total. The first-order valence-corrected chi connectivity index (χ1v) is 10.3. The second kappa shape index (κ2) is 8.49. The minimum atomic E-state index is -4.03. The predicted octanol–water partition coefficient (Wildman–Crippen LogP) is 1.98. The van der Waals surface area contributed by atoms with E-state index in [1.165, 1.54) is 44.6 Å². The van der Waals surface area contributed by atoms with E-state index in [9.17, 15) is 18.0 Å². The van der Waals surface area contributed by atoms with E-state index in [1.54, 1.807) is 13.0 Å². The van der Waals surface area contributed by atoms with Gasteiger partial charge in [-0.05, 0) is 31.2 Å². The maximum Gasteiger partial charge on any atom is 0.420 e. The molecule has 30 heavy (non-hydrogen) atoms. The van der Waals surface area contributed by atoms with Crippen molar-refractivity contribution in [3.8, 4) is 11.5 Å². The highest BCUT2D eigenvalue weighted by molar-refractivity contribution is 7.92. The van der Waals surface area contributed by atoms with Crippen LogP contribution in [0.25, 0.3) is 11.1 Å². The summed E-state index contributed by atoms with van der Waals surface area (Å²) < 4.78 is 49.4. The zero-order valence-corrected chi connectivity index (χ0v) is 17.3. The van der Waals surface area contributed by atoms with Gasteiger partial charge in [-0.25, -0.2) is 13.2 Å². The molecule has 0 saturated carbocycles. The Morgan fingerprint density at radius 1 is 1.13 bits per heavy atom. The number of aromatic nitrogens is 1. The lowest BCUT2D eigenvalue weighted by Crippen LogP contribution is -2.21. The summed E-state index contributed by atoms with van der Waals surface area (Å²) in [7, 11) is -1.14. The van der Waals surface area contributed by atoms with E-state index >= 15 is 0 Å². The quantitative estimate of drug-likeness (QED) is 0.531. The number of methoxy groups -OCH3 is 2. The zero-order valence-electron chi connectivity index (χ0n) is 16.5. The first-order valence-electron chi connectivity index (χ1n) is 8.83. The number of nitrogens with one attached hydrogen (secondary N) is 1. The fraction of sp³-hybridized carbons (Fsp3) is 0.263. The van der Waals surface area contributed by atoms with Crippen molar-refractivity contribution in [1.29, 1.82) is 0 Å². The molecule has 0 bridgehead atoms. The smallest absolute Gasteiger partial charge is 0.420 e. The molecule has 0 aliphatic rings. The highest BCUT2D eigenvalue weighted by Gasteiger charge is 2.20. The molecule has 1 heterocycles. The summed E-state index contributed by atoms with van der Waals surface area (Å²) in [6, 6.07) is 8.52. The molecule has 2 aromatic carbocycles. The number of fused-ring (bicyclic) bond motifs is 1. The fourth-order valence-corrected chi connectivity index (χ4v) is 3.87. The first kappa shape index (κ1) is 21.2. The van der Waals surface area contributed by atoms with E-state index in [1.807, 2.05) is 0 Å². The highest BCUT2D eigenvalue weighted by Crippen LogP contribution is 2.31. The van der Waals surface area contributed by atoms with Crippen LogP contribution in [0.5, 0.6) is 11.5 Å². The third-order valence-corrected chi connectivity index (χ3v) is 5.56. The Balaban J connectivity index is 1.94. The molecule has 1 N–H and O–H groups in total. The summed E-state index contributed by atoms with van der Waals surface area (Å²) in [6.07, 6.45) is 0. The second-order valence-corrected chi connectivity index (χ2v) is 7.74. The van der Waals surface area contributed by atoms with E-state index < -0.39 is 21.7 Å². The van der Waals surface area contributed by atoms with Crippen molar-refractivity contribution in [2.75, 3.05) is 25.5 Å². The lowest BCUT2D eigenvalue weighted by molar-refractivity contribution is -0.143. The van der Waals surface area contributed by atoms with Gasteiger partial charge in [0, 0.05) is 12.1 Å². The normalized spacial score (nSPS) is 11.3. The number of sulfonamides is 1. The third-order valence-electron chi connectivity index (χ3n) is 4.20. The lowest BCUT2D eigenvalue weighted by atomic mass is 10.3. The number of carbonyl (C=O) groups is 1. The number of nitrogens with zero attached hydrogens (tertiary/aromatic N) is 1. The largest absolute Gasteiger partial charge is 0.497 e. The molecule has 0 atom stereocenters. The minimum absolute atomic E-state index is 0.0221. The molecule has 0 aliphatic heterocycles. The average Bonchev–Trinajstić information content (AvgIpc) is 3.02. The Kier molecular flexibility index (Phi) is 6.01. The van der Waals surface area contributed by atoms with Crippen molar-refractivity contribution < 1.29 is 31.8 Å². The standard InChI is InChI=1S/C19H20N2O8S/c1-4-28-18(22)11-21-15-8-6-13(10-17(15)29-19(21)23)30(24,25)20-14-7-5-12(26-2)9-16(14)27-3/h5-10,20H,4,11H2,1-3H3. The van der Waals surface area contributed by atoms with Crippen LogP contribution < -0.4 is 20.0 Å². The Morgan fingerprint density at radius 3 is 2.57 bits per heavy atom. The van der Waals surface area contributed by atoms with Crippen LogP contribution in [0.15, 0.2) is 50.5 Å². The van der Waals surface area contributed by atoms with Gasteiger partial charge in [0.2, 0.25) is 0 Å². The highest BCUT2D eigenvalue weighted by atomic mass is 32.2. The predicted molar refractivity (Wildman–Crippen MR) is 107 cm³/mol. The molecular formula is C19H20N2O8S. The van der Waals surface area contributed by atoms with Crippen LogP contribution >= 0.6 is 0 Å². The Labute approximate surface area is 172 Å². The molecular weight excluding hydrogens is 416 g/mol. The maximum absolute atomic E-state index is 12.8. The Hall–Kier alpha value is -3.47. The van der Waals surface area contributed by atoms with E-state index in [-0.39, 0.29) is 40.6 Å². The van der Waals surface area contributed by atoms with Crippen molar-refractivity contribution >= 4 is 32.8 Å². The number of hydrogen-bond acceptors (Lipinski definition) is 8. The Bertz CT molecular complexity index is 1240. The summed E-state index contributed by atoms with van der Waals surface area (Å²) in [5.41, 5.74) is 0.502. The van der Waals surface area contributed by atoms with Crippen LogP contribution in [-0.2, 0) is 26.1 Å². The van der Waals surface area contributed by atoms with Gasteiger partial charge in [0.1, 0.15) is 18.0 Å². The fourth-order valence-electron chi connectivity index (χ4n) is 2.79. The molecule has 0 unspecified atom stereocenters. The average molecular weight is 436 g/mol. The van der Waals surface area contributed by atoms with Gasteiger partial charge in [-0.2, -0.15) is 0 Å². The van der Waals surface area contributed by atoms with Crippen LogP contribution in [-0.4, -0.2) is 39.8 Å². The summed E-state index contributed by atoms with van der Waals surface area (Å²) in [5, 5.41) is 0. The monoisotopic (exact) mass is 436 g/mol. The van der Waals surface area contributed by atoms with Gasteiger partial charge in [-0.15, -0.1) is 0 Å². The van der Waals surface area contributed by atoms with Crippen LogP contribution in [0.2, 0.25) is 0 Å². The van der Waals surface area contributed by atoms with Gasteiger partial charge in [-0.1, -0.05) is 0 Å².